The summed E-state index contributed by atoms with van der Waals surface area (Å²) in [6.45, 7) is 7.83. The van der Waals surface area contributed by atoms with Crippen molar-refractivity contribution in [2.24, 2.45) is 28.6 Å². The topological polar surface area (TPSA) is 102 Å². The maximum atomic E-state index is 13.0. The highest BCUT2D eigenvalue weighted by molar-refractivity contribution is 5.91. The highest BCUT2D eigenvalue weighted by atomic mass is 16.7. The second kappa shape index (κ2) is 4.05. The van der Waals surface area contributed by atoms with Crippen molar-refractivity contribution in [2.75, 3.05) is 0 Å². The highest BCUT2D eigenvalue weighted by Crippen LogP contribution is 2.77. The summed E-state index contributed by atoms with van der Waals surface area (Å²) in [5.41, 5.74) is -4.52. The van der Waals surface area contributed by atoms with Gasteiger partial charge in [0.1, 0.15) is 12.2 Å². The summed E-state index contributed by atoms with van der Waals surface area (Å²) in [6.07, 6.45) is -1.52. The van der Waals surface area contributed by atoms with Crippen LogP contribution >= 0.6 is 0 Å². The Bertz CT molecular complexity index is 698. The molecule has 138 valence electrons. The Kier molecular flexibility index (Phi) is 2.59. The number of aliphatic hydroxyl groups excluding tert-OH is 1. The molecule has 7 heteroatoms. The lowest BCUT2D eigenvalue weighted by Crippen LogP contribution is -2.64. The molecular formula is C18H24O7. The van der Waals surface area contributed by atoms with Crippen LogP contribution in [0.4, 0.5) is 0 Å². The average Bonchev–Trinajstić information content (AvgIpc) is 3.15. The number of esters is 2. The molecule has 1 spiro atoms. The molecule has 2 N–H and O–H groups in total. The molecule has 0 bridgehead atoms. The lowest BCUT2D eigenvalue weighted by Gasteiger charge is -2.39. The minimum Gasteiger partial charge on any atom is -0.459 e. The second-order valence-corrected chi connectivity index (χ2v) is 9.53. The van der Waals surface area contributed by atoms with Crippen LogP contribution in [0.1, 0.15) is 40.5 Å². The van der Waals surface area contributed by atoms with Crippen LogP contribution in [-0.4, -0.2) is 51.9 Å². The fourth-order valence-corrected chi connectivity index (χ4v) is 6.80. The van der Waals surface area contributed by atoms with E-state index in [1.165, 1.54) is 0 Å². The Morgan fingerprint density at radius 3 is 2.48 bits per heavy atom. The van der Waals surface area contributed by atoms with E-state index in [1.807, 2.05) is 0 Å². The number of carbonyl (C=O) groups is 2. The van der Waals surface area contributed by atoms with E-state index in [4.69, 9.17) is 14.2 Å². The van der Waals surface area contributed by atoms with Gasteiger partial charge in [0, 0.05) is 12.3 Å². The van der Waals surface area contributed by atoms with Crippen molar-refractivity contribution in [3.63, 3.8) is 0 Å². The molecule has 0 aromatic heterocycles. The third-order valence-corrected chi connectivity index (χ3v) is 7.83. The van der Waals surface area contributed by atoms with Crippen LogP contribution in [0.15, 0.2) is 0 Å². The smallest absolute Gasteiger partial charge is 0.342 e. The lowest BCUT2D eigenvalue weighted by molar-refractivity contribution is -0.233. The molecular weight excluding hydrogens is 328 g/mol. The van der Waals surface area contributed by atoms with Crippen LogP contribution < -0.4 is 0 Å². The van der Waals surface area contributed by atoms with Crippen molar-refractivity contribution in [3.8, 4) is 0 Å². The standard InChI is InChI=1S/C18H24O7/c1-7-12(19)23-10-6-16-9-5-8(15(2,3)4)11(16)13(20)25-18(16,14(21)24-9)17(7,10)22/h7-11,13,20,22H,5-6H2,1-4H3/t7-,8-,9-,10-,11-,13+,16+,17-,18-/m1/s1. The van der Waals surface area contributed by atoms with Crippen LogP contribution in [0.5, 0.6) is 0 Å². The Labute approximate surface area is 145 Å². The van der Waals surface area contributed by atoms with Gasteiger partial charge in [0.2, 0.25) is 5.60 Å². The lowest BCUT2D eigenvalue weighted by atomic mass is 9.61. The van der Waals surface area contributed by atoms with Gasteiger partial charge in [-0.1, -0.05) is 20.8 Å². The van der Waals surface area contributed by atoms with Crippen molar-refractivity contribution >= 4 is 11.9 Å². The molecule has 2 saturated carbocycles. The van der Waals surface area contributed by atoms with Gasteiger partial charge in [-0.25, -0.2) is 4.79 Å². The molecule has 3 saturated heterocycles. The van der Waals surface area contributed by atoms with E-state index >= 15 is 0 Å². The first-order chi connectivity index (χ1) is 11.5. The molecule has 7 nitrogen and oxygen atoms in total. The normalized spacial score (nSPS) is 58.8. The van der Waals surface area contributed by atoms with Crippen LogP contribution in [0.2, 0.25) is 0 Å². The van der Waals surface area contributed by atoms with E-state index in [2.05, 4.69) is 20.8 Å². The van der Waals surface area contributed by atoms with Gasteiger partial charge in [-0.15, -0.1) is 0 Å². The molecule has 3 heterocycles. The van der Waals surface area contributed by atoms with E-state index in [0.29, 0.717) is 6.42 Å². The van der Waals surface area contributed by atoms with E-state index in [0.717, 1.165) is 0 Å². The van der Waals surface area contributed by atoms with E-state index in [9.17, 15) is 19.8 Å². The number of hydrogen-bond donors (Lipinski definition) is 2. The first-order valence-corrected chi connectivity index (χ1v) is 9.01. The van der Waals surface area contributed by atoms with Gasteiger partial charge in [-0.3, -0.25) is 4.79 Å². The van der Waals surface area contributed by atoms with E-state index < -0.39 is 53.0 Å². The summed E-state index contributed by atoms with van der Waals surface area (Å²) in [7, 11) is 0. The summed E-state index contributed by atoms with van der Waals surface area (Å²) >= 11 is 0. The maximum absolute atomic E-state index is 13.0. The zero-order valence-corrected chi connectivity index (χ0v) is 14.8. The Balaban J connectivity index is 1.74. The number of carbonyl (C=O) groups excluding carboxylic acids is 2. The van der Waals surface area contributed by atoms with Crippen LogP contribution in [-0.2, 0) is 23.8 Å². The predicted octanol–water partition coefficient (Wildman–Crippen LogP) is 0.364. The second-order valence-electron chi connectivity index (χ2n) is 9.53. The number of ether oxygens (including phenoxy) is 3. The van der Waals surface area contributed by atoms with Gasteiger partial charge in [0.15, 0.2) is 11.9 Å². The Morgan fingerprint density at radius 1 is 1.16 bits per heavy atom. The summed E-state index contributed by atoms with van der Waals surface area (Å²) in [5.74, 6) is -2.40. The summed E-state index contributed by atoms with van der Waals surface area (Å²) in [6, 6.07) is 0. The van der Waals surface area contributed by atoms with Gasteiger partial charge >= 0.3 is 11.9 Å². The summed E-state index contributed by atoms with van der Waals surface area (Å²) in [4.78, 5) is 25.1. The SMILES string of the molecule is C[C@@H]1C(=O)O[C@@H]2C[C@@]34[C@@H]5[C@H](C(C)(C)C)C[C@H]3OC(=O)[C@]4(O[C@@H]5O)[C@@]12O. The average molecular weight is 352 g/mol. The van der Waals surface area contributed by atoms with Gasteiger partial charge in [0.25, 0.3) is 0 Å². The third-order valence-electron chi connectivity index (χ3n) is 7.83. The van der Waals surface area contributed by atoms with Gasteiger partial charge in [0.05, 0.1) is 11.3 Å². The molecule has 0 radical (unpaired) electrons. The van der Waals surface area contributed by atoms with Gasteiger partial charge in [-0.2, -0.15) is 0 Å². The van der Waals surface area contributed by atoms with Crippen molar-refractivity contribution in [2.45, 2.75) is 70.2 Å². The largest absolute Gasteiger partial charge is 0.459 e. The molecule has 0 aromatic carbocycles. The molecule has 2 aliphatic carbocycles. The zero-order valence-electron chi connectivity index (χ0n) is 14.8. The maximum Gasteiger partial charge on any atom is 0.342 e. The third kappa shape index (κ3) is 1.31. The Hall–Kier alpha value is -1.18. The first kappa shape index (κ1) is 16.0. The van der Waals surface area contributed by atoms with Crippen LogP contribution in [0, 0.1) is 28.6 Å². The van der Waals surface area contributed by atoms with Crippen molar-refractivity contribution in [3.05, 3.63) is 0 Å². The number of fused-ring (bicyclic) bond motifs is 1. The highest BCUT2D eigenvalue weighted by Gasteiger charge is 2.94. The van der Waals surface area contributed by atoms with Gasteiger partial charge in [-0.05, 0) is 24.7 Å². The fraction of sp³-hybridized carbons (Fsp3) is 0.889. The van der Waals surface area contributed by atoms with Crippen molar-refractivity contribution < 1.29 is 34.0 Å². The van der Waals surface area contributed by atoms with Crippen molar-refractivity contribution in [1.82, 2.24) is 0 Å². The summed E-state index contributed by atoms with van der Waals surface area (Å²) in [5, 5.41) is 22.3. The van der Waals surface area contributed by atoms with Crippen LogP contribution in [0.3, 0.4) is 0 Å². The molecule has 5 fully saturated rings. The molecule has 0 unspecified atom stereocenters. The molecule has 0 aromatic rings. The molecule has 3 aliphatic heterocycles. The molecule has 0 amide bonds. The molecule has 9 atom stereocenters. The first-order valence-electron chi connectivity index (χ1n) is 9.01. The minimum atomic E-state index is -1.81. The number of rotatable bonds is 0. The van der Waals surface area contributed by atoms with E-state index in [1.54, 1.807) is 6.92 Å². The van der Waals surface area contributed by atoms with Crippen molar-refractivity contribution in [1.29, 1.82) is 0 Å². The zero-order chi connectivity index (χ0) is 18.2. The number of hydrogen-bond acceptors (Lipinski definition) is 7. The predicted molar refractivity (Wildman–Crippen MR) is 81.8 cm³/mol. The van der Waals surface area contributed by atoms with Gasteiger partial charge < -0.3 is 24.4 Å². The molecule has 25 heavy (non-hydrogen) atoms. The fourth-order valence-electron chi connectivity index (χ4n) is 6.80. The minimum absolute atomic E-state index is 0.0657. The van der Waals surface area contributed by atoms with E-state index in [-0.39, 0.29) is 23.7 Å². The monoisotopic (exact) mass is 352 g/mol. The number of aliphatic hydroxyl groups is 2. The quantitative estimate of drug-likeness (QED) is 0.607. The summed E-state index contributed by atoms with van der Waals surface area (Å²) < 4.78 is 17.0. The van der Waals surface area contributed by atoms with Crippen LogP contribution in [0.25, 0.3) is 0 Å². The molecule has 5 rings (SSSR count). The Morgan fingerprint density at radius 2 is 1.84 bits per heavy atom. The molecule has 5 aliphatic rings.